The molecule has 0 heterocycles. The number of nitrogens with zero attached hydrogens (tertiary/aromatic N) is 1. The van der Waals surface area contributed by atoms with Gasteiger partial charge in [-0.15, -0.1) is 0 Å². The maximum Gasteiger partial charge on any atom is 0.222 e. The highest BCUT2D eigenvalue weighted by atomic mass is 16.5. The lowest BCUT2D eigenvalue weighted by molar-refractivity contribution is -0.131. The fourth-order valence-corrected chi connectivity index (χ4v) is 1.83. The van der Waals surface area contributed by atoms with Crippen LogP contribution >= 0.6 is 0 Å². The average Bonchev–Trinajstić information content (AvgIpc) is 2.44. The summed E-state index contributed by atoms with van der Waals surface area (Å²) in [6, 6.07) is 7.27. The second-order valence-corrected chi connectivity index (χ2v) is 4.67. The number of methoxy groups -OCH3 is 1. The van der Waals surface area contributed by atoms with Gasteiger partial charge in [0.05, 0.1) is 19.8 Å². The zero-order valence-electron chi connectivity index (χ0n) is 11.9. The van der Waals surface area contributed by atoms with Gasteiger partial charge in [0.1, 0.15) is 5.75 Å². The third-order valence-corrected chi connectivity index (χ3v) is 3.10. The molecule has 0 aromatic heterocycles. The Morgan fingerprint density at radius 3 is 2.84 bits per heavy atom. The summed E-state index contributed by atoms with van der Waals surface area (Å²) in [7, 11) is 3.31. The van der Waals surface area contributed by atoms with Crippen LogP contribution in [0.1, 0.15) is 37.9 Å². The largest absolute Gasteiger partial charge is 0.497 e. The number of rotatable bonds is 7. The van der Waals surface area contributed by atoms with E-state index in [-0.39, 0.29) is 5.91 Å². The van der Waals surface area contributed by atoms with Gasteiger partial charge in [0.25, 0.3) is 0 Å². The van der Waals surface area contributed by atoms with Crippen molar-refractivity contribution in [1.82, 2.24) is 4.90 Å². The minimum Gasteiger partial charge on any atom is -0.497 e. The molecule has 1 atom stereocenters. The summed E-state index contributed by atoms with van der Waals surface area (Å²) < 4.78 is 5.12. The molecule has 1 unspecified atom stereocenters. The van der Waals surface area contributed by atoms with E-state index in [2.05, 4.69) is 6.92 Å². The van der Waals surface area contributed by atoms with Crippen LogP contribution in [-0.4, -0.2) is 36.6 Å². The Bertz CT molecular complexity index is 406. The summed E-state index contributed by atoms with van der Waals surface area (Å²) >= 11 is 0. The van der Waals surface area contributed by atoms with E-state index in [9.17, 15) is 9.90 Å². The van der Waals surface area contributed by atoms with Crippen molar-refractivity contribution in [2.75, 3.05) is 20.7 Å². The smallest absolute Gasteiger partial charge is 0.222 e. The second kappa shape index (κ2) is 7.79. The van der Waals surface area contributed by atoms with Crippen LogP contribution in [0.15, 0.2) is 24.3 Å². The molecule has 1 N–H and O–H groups in total. The van der Waals surface area contributed by atoms with Crippen molar-refractivity contribution in [1.29, 1.82) is 0 Å². The summed E-state index contributed by atoms with van der Waals surface area (Å²) in [5.41, 5.74) is 0.759. The lowest BCUT2D eigenvalue weighted by Gasteiger charge is -2.21. The molecule has 0 radical (unpaired) electrons. The van der Waals surface area contributed by atoms with Gasteiger partial charge in [-0.3, -0.25) is 4.79 Å². The first kappa shape index (κ1) is 15.5. The molecule has 0 aliphatic heterocycles. The highest BCUT2D eigenvalue weighted by molar-refractivity contribution is 5.75. The van der Waals surface area contributed by atoms with Gasteiger partial charge in [-0.1, -0.05) is 25.5 Å². The number of unbranched alkanes of at least 4 members (excludes halogenated alkanes) is 1. The van der Waals surface area contributed by atoms with E-state index in [1.165, 1.54) is 0 Å². The maximum absolute atomic E-state index is 11.8. The van der Waals surface area contributed by atoms with Crippen LogP contribution in [0.4, 0.5) is 0 Å². The first-order valence-corrected chi connectivity index (χ1v) is 6.64. The van der Waals surface area contributed by atoms with Gasteiger partial charge in [-0.2, -0.15) is 0 Å². The molecule has 0 saturated heterocycles. The first-order valence-electron chi connectivity index (χ1n) is 6.64. The second-order valence-electron chi connectivity index (χ2n) is 4.67. The number of hydrogen-bond acceptors (Lipinski definition) is 3. The zero-order valence-corrected chi connectivity index (χ0v) is 11.9. The summed E-state index contributed by atoms with van der Waals surface area (Å²) in [5.74, 6) is 0.778. The molecule has 0 bridgehead atoms. The van der Waals surface area contributed by atoms with Crippen LogP contribution in [0, 0.1) is 0 Å². The van der Waals surface area contributed by atoms with E-state index >= 15 is 0 Å². The molecule has 0 aliphatic carbocycles. The number of carbonyl (C=O) groups is 1. The van der Waals surface area contributed by atoms with Gasteiger partial charge in [0.15, 0.2) is 0 Å². The van der Waals surface area contributed by atoms with Crippen molar-refractivity contribution < 1.29 is 14.6 Å². The minimum atomic E-state index is -0.689. The molecule has 0 fully saturated rings. The lowest BCUT2D eigenvalue weighted by atomic mass is 10.1. The third-order valence-electron chi connectivity index (χ3n) is 3.10. The van der Waals surface area contributed by atoms with E-state index in [1.54, 1.807) is 25.1 Å². The fourth-order valence-electron chi connectivity index (χ4n) is 1.83. The monoisotopic (exact) mass is 265 g/mol. The predicted molar refractivity (Wildman–Crippen MR) is 75.1 cm³/mol. The molecule has 19 heavy (non-hydrogen) atoms. The van der Waals surface area contributed by atoms with E-state index in [0.717, 1.165) is 18.4 Å². The highest BCUT2D eigenvalue weighted by Crippen LogP contribution is 2.19. The van der Waals surface area contributed by atoms with Crippen molar-refractivity contribution in [3.05, 3.63) is 29.8 Å². The Kier molecular flexibility index (Phi) is 6.36. The summed E-state index contributed by atoms with van der Waals surface area (Å²) in [4.78, 5) is 13.4. The Morgan fingerprint density at radius 2 is 2.21 bits per heavy atom. The van der Waals surface area contributed by atoms with E-state index < -0.39 is 6.10 Å². The van der Waals surface area contributed by atoms with E-state index in [1.807, 2.05) is 18.2 Å². The van der Waals surface area contributed by atoms with Crippen LogP contribution in [0.3, 0.4) is 0 Å². The highest BCUT2D eigenvalue weighted by Gasteiger charge is 2.15. The summed E-state index contributed by atoms with van der Waals surface area (Å²) in [5, 5.41) is 10.1. The normalized spacial score (nSPS) is 12.0. The summed E-state index contributed by atoms with van der Waals surface area (Å²) in [6.45, 7) is 2.36. The number of aliphatic hydroxyl groups excluding tert-OH is 1. The molecule has 4 nitrogen and oxygen atoms in total. The van der Waals surface area contributed by atoms with Crippen molar-refractivity contribution in [2.24, 2.45) is 0 Å². The number of amides is 1. The molecule has 106 valence electrons. The van der Waals surface area contributed by atoms with Gasteiger partial charge in [-0.25, -0.2) is 0 Å². The number of benzene rings is 1. The average molecular weight is 265 g/mol. The third kappa shape index (κ3) is 4.91. The summed E-state index contributed by atoms with van der Waals surface area (Å²) in [6.07, 6.45) is 1.74. The first-order chi connectivity index (χ1) is 9.08. The molecule has 0 aliphatic rings. The lowest BCUT2D eigenvalue weighted by Crippen LogP contribution is -2.30. The number of carbonyl (C=O) groups excluding carboxylic acids is 1. The quantitative estimate of drug-likeness (QED) is 0.823. The van der Waals surface area contributed by atoms with Gasteiger partial charge in [0, 0.05) is 13.5 Å². The Labute approximate surface area is 115 Å². The van der Waals surface area contributed by atoms with E-state index in [0.29, 0.717) is 18.7 Å². The number of hydrogen-bond donors (Lipinski definition) is 1. The van der Waals surface area contributed by atoms with Crippen molar-refractivity contribution in [3.8, 4) is 5.75 Å². The fraction of sp³-hybridized carbons (Fsp3) is 0.533. The van der Waals surface area contributed by atoms with Gasteiger partial charge >= 0.3 is 0 Å². The Hall–Kier alpha value is -1.55. The standard InChI is InChI=1S/C15H23NO3/c1-4-5-9-15(18)16(2)11-14(17)12-7-6-8-13(10-12)19-3/h6-8,10,14,17H,4-5,9,11H2,1-3H3. The predicted octanol–water partition coefficient (Wildman–Crippen LogP) is 2.38. The maximum atomic E-state index is 11.8. The van der Waals surface area contributed by atoms with Crippen LogP contribution in [0.25, 0.3) is 0 Å². The van der Waals surface area contributed by atoms with Crippen molar-refractivity contribution >= 4 is 5.91 Å². The van der Waals surface area contributed by atoms with Crippen LogP contribution in [-0.2, 0) is 4.79 Å². The Balaban J connectivity index is 2.57. The van der Waals surface area contributed by atoms with Gasteiger partial charge in [-0.05, 0) is 24.1 Å². The Morgan fingerprint density at radius 1 is 1.47 bits per heavy atom. The van der Waals surface area contributed by atoms with Crippen LogP contribution < -0.4 is 4.74 Å². The molecule has 1 aromatic rings. The number of aliphatic hydroxyl groups is 1. The molecular formula is C15H23NO3. The molecule has 0 spiro atoms. The van der Waals surface area contributed by atoms with Gasteiger partial charge < -0.3 is 14.7 Å². The molecular weight excluding hydrogens is 242 g/mol. The zero-order chi connectivity index (χ0) is 14.3. The van der Waals surface area contributed by atoms with E-state index in [4.69, 9.17) is 4.74 Å². The van der Waals surface area contributed by atoms with Crippen LogP contribution in [0.5, 0.6) is 5.75 Å². The molecule has 1 amide bonds. The molecule has 1 rings (SSSR count). The van der Waals surface area contributed by atoms with Crippen molar-refractivity contribution in [2.45, 2.75) is 32.3 Å². The number of likely N-dealkylation sites (N-methyl/N-ethyl adjacent to an activating group) is 1. The molecule has 1 aromatic carbocycles. The SMILES string of the molecule is CCCCC(=O)N(C)CC(O)c1cccc(OC)c1. The minimum absolute atomic E-state index is 0.0730. The number of ether oxygens (including phenoxy) is 1. The molecule has 0 saturated carbocycles. The topological polar surface area (TPSA) is 49.8 Å². The molecule has 4 heteroatoms. The van der Waals surface area contributed by atoms with Crippen molar-refractivity contribution in [3.63, 3.8) is 0 Å². The van der Waals surface area contributed by atoms with Crippen LogP contribution in [0.2, 0.25) is 0 Å². The van der Waals surface area contributed by atoms with Gasteiger partial charge in [0.2, 0.25) is 5.91 Å².